The number of rotatable bonds is 6. The topological polar surface area (TPSA) is 66.4 Å². The molecule has 0 aliphatic heterocycles. The van der Waals surface area contributed by atoms with Gasteiger partial charge in [0.25, 0.3) is 0 Å². The van der Waals surface area contributed by atoms with Gasteiger partial charge in [0.15, 0.2) is 0 Å². The summed E-state index contributed by atoms with van der Waals surface area (Å²) in [6.45, 7) is 8.74. The van der Waals surface area contributed by atoms with Crippen molar-refractivity contribution in [3.8, 4) is 0 Å². The molecule has 0 saturated carbocycles. The van der Waals surface area contributed by atoms with Crippen LogP contribution < -0.4 is 5.32 Å². The van der Waals surface area contributed by atoms with Gasteiger partial charge in [0.05, 0.1) is 5.41 Å². The normalized spacial score (nSPS) is 12.0. The molecule has 2 N–H and O–H groups in total. The van der Waals surface area contributed by atoms with Gasteiger partial charge in [-0.05, 0) is 46.6 Å². The first-order chi connectivity index (χ1) is 9.56. The molecule has 0 radical (unpaired) electrons. The lowest BCUT2D eigenvalue weighted by molar-refractivity contribution is -0.151. The Morgan fingerprint density at radius 2 is 1.81 bits per heavy atom. The molecule has 1 aromatic rings. The summed E-state index contributed by atoms with van der Waals surface area (Å²) in [6.07, 6.45) is 1.000. The van der Waals surface area contributed by atoms with Crippen LogP contribution in [0, 0.1) is 12.3 Å². The van der Waals surface area contributed by atoms with Crippen molar-refractivity contribution >= 4 is 11.9 Å². The predicted octanol–water partition coefficient (Wildman–Crippen LogP) is 2.93. The van der Waals surface area contributed by atoms with Crippen LogP contribution in [0.25, 0.3) is 0 Å². The molecule has 116 valence electrons. The molecule has 0 saturated heterocycles. The largest absolute Gasteiger partial charge is 0.481 e. The van der Waals surface area contributed by atoms with Gasteiger partial charge in [-0.1, -0.05) is 29.8 Å². The van der Waals surface area contributed by atoms with E-state index in [4.69, 9.17) is 0 Å². The van der Waals surface area contributed by atoms with E-state index < -0.39 is 16.9 Å². The van der Waals surface area contributed by atoms with Crippen LogP contribution >= 0.6 is 0 Å². The Hall–Kier alpha value is -1.84. The van der Waals surface area contributed by atoms with Gasteiger partial charge in [-0.3, -0.25) is 9.59 Å². The van der Waals surface area contributed by atoms with Crippen molar-refractivity contribution < 1.29 is 14.7 Å². The van der Waals surface area contributed by atoms with Crippen molar-refractivity contribution in [1.29, 1.82) is 0 Å². The van der Waals surface area contributed by atoms with Crippen molar-refractivity contribution in [2.75, 3.05) is 0 Å². The average molecular weight is 291 g/mol. The van der Waals surface area contributed by atoms with Crippen LogP contribution in [0.1, 0.15) is 45.2 Å². The Balaban J connectivity index is 2.63. The molecule has 0 atom stereocenters. The molecule has 0 heterocycles. The summed E-state index contributed by atoms with van der Waals surface area (Å²) in [4.78, 5) is 23.4. The molecular formula is C17H25NO3. The fourth-order valence-electron chi connectivity index (χ4n) is 1.96. The van der Waals surface area contributed by atoms with Crippen molar-refractivity contribution in [2.24, 2.45) is 5.41 Å². The third-order valence-electron chi connectivity index (χ3n) is 4.27. The first-order valence-corrected chi connectivity index (χ1v) is 7.16. The number of benzene rings is 1. The van der Waals surface area contributed by atoms with Crippen LogP contribution in [0.5, 0.6) is 0 Å². The van der Waals surface area contributed by atoms with Crippen LogP contribution in [-0.2, 0) is 16.0 Å². The van der Waals surface area contributed by atoms with E-state index >= 15 is 0 Å². The highest BCUT2D eigenvalue weighted by molar-refractivity contribution is 5.80. The van der Waals surface area contributed by atoms with E-state index in [-0.39, 0.29) is 5.91 Å². The summed E-state index contributed by atoms with van der Waals surface area (Å²) >= 11 is 0. The van der Waals surface area contributed by atoms with Crippen LogP contribution in [0.2, 0.25) is 0 Å². The van der Waals surface area contributed by atoms with Crippen LogP contribution in [-0.4, -0.2) is 22.5 Å². The van der Waals surface area contributed by atoms with E-state index in [2.05, 4.69) is 11.4 Å². The van der Waals surface area contributed by atoms with Crippen molar-refractivity contribution in [3.05, 3.63) is 35.4 Å². The second-order valence-corrected chi connectivity index (χ2v) is 6.59. The Bertz CT molecular complexity index is 533. The minimum absolute atomic E-state index is 0.129. The van der Waals surface area contributed by atoms with E-state index in [9.17, 15) is 14.7 Å². The molecular weight excluding hydrogens is 266 g/mol. The van der Waals surface area contributed by atoms with E-state index in [0.717, 1.165) is 5.56 Å². The number of hydrogen-bond donors (Lipinski definition) is 2. The predicted molar refractivity (Wildman–Crippen MR) is 83.1 cm³/mol. The summed E-state index contributed by atoms with van der Waals surface area (Å²) in [6, 6.07) is 8.04. The van der Waals surface area contributed by atoms with Crippen molar-refractivity contribution in [1.82, 2.24) is 5.32 Å². The number of nitrogens with one attached hydrogen (secondary N) is 1. The van der Waals surface area contributed by atoms with Crippen LogP contribution in [0.4, 0.5) is 0 Å². The summed E-state index contributed by atoms with van der Waals surface area (Å²) in [5.74, 6) is -1.05. The minimum Gasteiger partial charge on any atom is -0.481 e. The van der Waals surface area contributed by atoms with E-state index in [1.54, 1.807) is 27.7 Å². The molecule has 1 amide bonds. The number of carboxylic acids is 1. The maximum Gasteiger partial charge on any atom is 0.311 e. The number of carbonyl (C=O) groups excluding carboxylic acids is 1. The van der Waals surface area contributed by atoms with E-state index in [0.29, 0.717) is 12.8 Å². The van der Waals surface area contributed by atoms with Gasteiger partial charge >= 0.3 is 5.97 Å². The van der Waals surface area contributed by atoms with Gasteiger partial charge < -0.3 is 10.4 Å². The maximum absolute atomic E-state index is 12.1. The van der Waals surface area contributed by atoms with Gasteiger partial charge in [-0.2, -0.15) is 0 Å². The zero-order valence-electron chi connectivity index (χ0n) is 13.5. The summed E-state index contributed by atoms with van der Waals surface area (Å²) in [7, 11) is 0. The molecule has 0 aliphatic carbocycles. The lowest BCUT2D eigenvalue weighted by Crippen LogP contribution is -2.57. The monoisotopic (exact) mass is 291 g/mol. The van der Waals surface area contributed by atoms with Gasteiger partial charge in [-0.15, -0.1) is 0 Å². The van der Waals surface area contributed by atoms with Gasteiger partial charge in [0.2, 0.25) is 5.91 Å². The number of carbonyl (C=O) groups is 2. The molecule has 21 heavy (non-hydrogen) atoms. The molecule has 0 spiro atoms. The van der Waals surface area contributed by atoms with Gasteiger partial charge in [-0.25, -0.2) is 0 Å². The summed E-state index contributed by atoms with van der Waals surface area (Å²) in [5.41, 5.74) is 0.426. The highest BCUT2D eigenvalue weighted by Gasteiger charge is 2.44. The third-order valence-corrected chi connectivity index (χ3v) is 4.27. The average Bonchev–Trinajstić information content (AvgIpc) is 2.35. The van der Waals surface area contributed by atoms with Crippen molar-refractivity contribution in [2.45, 2.75) is 53.0 Å². The van der Waals surface area contributed by atoms with E-state index in [1.165, 1.54) is 5.56 Å². The number of hydrogen-bond acceptors (Lipinski definition) is 2. The molecule has 0 bridgehead atoms. The lowest BCUT2D eigenvalue weighted by atomic mass is 9.74. The highest BCUT2D eigenvalue weighted by Crippen LogP contribution is 2.30. The molecule has 0 aliphatic rings. The van der Waals surface area contributed by atoms with Crippen LogP contribution in [0.3, 0.4) is 0 Å². The van der Waals surface area contributed by atoms with E-state index in [1.807, 2.05) is 25.1 Å². The smallest absolute Gasteiger partial charge is 0.311 e. The minimum atomic E-state index is -1.04. The quantitative estimate of drug-likeness (QED) is 0.847. The molecule has 4 nitrogen and oxygen atoms in total. The summed E-state index contributed by atoms with van der Waals surface area (Å²) < 4.78 is 0. The van der Waals surface area contributed by atoms with Gasteiger partial charge in [0, 0.05) is 12.0 Å². The Kier molecular flexibility index (Phi) is 5.15. The van der Waals surface area contributed by atoms with Crippen LogP contribution in [0.15, 0.2) is 24.3 Å². The Morgan fingerprint density at radius 3 is 2.33 bits per heavy atom. The zero-order chi connectivity index (χ0) is 16.3. The molecule has 4 heteroatoms. The SMILES string of the molecule is Cc1cccc(CCC(=O)NC(C)(C)C(C)(C)C(=O)O)c1. The molecule has 0 aromatic heterocycles. The Morgan fingerprint density at radius 1 is 1.19 bits per heavy atom. The second-order valence-electron chi connectivity index (χ2n) is 6.59. The fraction of sp³-hybridized carbons (Fsp3) is 0.529. The zero-order valence-corrected chi connectivity index (χ0v) is 13.5. The second kappa shape index (κ2) is 6.29. The third kappa shape index (κ3) is 4.31. The lowest BCUT2D eigenvalue weighted by Gasteiger charge is -2.38. The number of aryl methyl sites for hydroxylation is 2. The highest BCUT2D eigenvalue weighted by atomic mass is 16.4. The Labute approximate surface area is 126 Å². The van der Waals surface area contributed by atoms with Gasteiger partial charge in [0.1, 0.15) is 0 Å². The molecule has 0 fully saturated rings. The number of aliphatic carboxylic acids is 1. The first kappa shape index (κ1) is 17.2. The molecule has 1 aromatic carbocycles. The molecule has 1 rings (SSSR count). The maximum atomic E-state index is 12.1. The standard InChI is InChI=1S/C17H25NO3/c1-12-7-6-8-13(11-12)9-10-14(19)18-17(4,5)16(2,3)15(20)21/h6-8,11H,9-10H2,1-5H3,(H,18,19)(H,20,21). The van der Waals surface area contributed by atoms with Crippen molar-refractivity contribution in [3.63, 3.8) is 0 Å². The molecule has 0 unspecified atom stereocenters. The summed E-state index contributed by atoms with van der Waals surface area (Å²) in [5, 5.41) is 12.1. The first-order valence-electron chi connectivity index (χ1n) is 7.16. The fourth-order valence-corrected chi connectivity index (χ4v) is 1.96. The number of amides is 1. The number of carboxylic acid groups (broad SMARTS) is 1.